The summed E-state index contributed by atoms with van der Waals surface area (Å²) in [6.07, 6.45) is 1.29. The predicted octanol–water partition coefficient (Wildman–Crippen LogP) is 5.65. The number of nitrogens with one attached hydrogen (secondary N) is 1. The van der Waals surface area contributed by atoms with Crippen molar-refractivity contribution >= 4 is 17.2 Å². The van der Waals surface area contributed by atoms with Crippen LogP contribution in [-0.4, -0.2) is 10.9 Å². The summed E-state index contributed by atoms with van der Waals surface area (Å²) in [5.74, 6) is 1.11. The first kappa shape index (κ1) is 22.0. The number of carbonyl (C=O) groups is 1. The van der Waals surface area contributed by atoms with Crippen LogP contribution in [0.1, 0.15) is 54.2 Å². The van der Waals surface area contributed by atoms with Gasteiger partial charge in [-0.15, -0.1) is 11.3 Å². The van der Waals surface area contributed by atoms with Gasteiger partial charge < -0.3 is 10.1 Å². The van der Waals surface area contributed by atoms with Gasteiger partial charge in [0.2, 0.25) is 5.91 Å². The largest absolute Gasteiger partial charge is 0.486 e. The van der Waals surface area contributed by atoms with Crippen LogP contribution in [0.3, 0.4) is 0 Å². The molecule has 4 nitrogen and oxygen atoms in total. The van der Waals surface area contributed by atoms with Crippen LogP contribution >= 0.6 is 11.3 Å². The fourth-order valence-corrected chi connectivity index (χ4v) is 3.97. The summed E-state index contributed by atoms with van der Waals surface area (Å²) in [7, 11) is 0. The zero-order valence-electron chi connectivity index (χ0n) is 18.1. The number of rotatable bonds is 9. The van der Waals surface area contributed by atoms with E-state index < -0.39 is 0 Å². The quantitative estimate of drug-likeness (QED) is 0.485. The topological polar surface area (TPSA) is 51.2 Å². The Morgan fingerprint density at radius 1 is 1.10 bits per heavy atom. The lowest BCUT2D eigenvalue weighted by Gasteiger charge is -2.23. The van der Waals surface area contributed by atoms with Crippen molar-refractivity contribution in [2.45, 2.75) is 53.2 Å². The molecule has 1 amide bonds. The lowest BCUT2D eigenvalue weighted by Crippen LogP contribution is -2.32. The maximum Gasteiger partial charge on any atom is 0.226 e. The summed E-state index contributed by atoms with van der Waals surface area (Å²) in [6.45, 7) is 8.86. The fourth-order valence-electron chi connectivity index (χ4n) is 3.26. The van der Waals surface area contributed by atoms with Crippen LogP contribution in [0.5, 0.6) is 5.75 Å². The Morgan fingerprint density at radius 3 is 2.43 bits per heavy atom. The van der Waals surface area contributed by atoms with Gasteiger partial charge in [0.1, 0.15) is 17.4 Å². The van der Waals surface area contributed by atoms with Gasteiger partial charge in [-0.25, -0.2) is 4.98 Å². The lowest BCUT2D eigenvalue weighted by molar-refractivity contribution is -0.121. The summed E-state index contributed by atoms with van der Waals surface area (Å²) >= 11 is 1.52. The molecular formula is C25H30N2O2S. The van der Waals surface area contributed by atoms with Crippen molar-refractivity contribution in [1.29, 1.82) is 0 Å². The molecule has 3 rings (SSSR count). The molecule has 0 saturated heterocycles. The third kappa shape index (κ3) is 6.17. The van der Waals surface area contributed by atoms with E-state index in [1.807, 2.05) is 36.6 Å². The van der Waals surface area contributed by atoms with Crippen molar-refractivity contribution in [3.8, 4) is 5.75 Å². The van der Waals surface area contributed by atoms with E-state index in [0.717, 1.165) is 28.4 Å². The minimum absolute atomic E-state index is 0.00798. The molecule has 3 aromatic rings. The molecule has 2 aromatic carbocycles. The van der Waals surface area contributed by atoms with Crippen LogP contribution in [0.25, 0.3) is 0 Å². The van der Waals surface area contributed by atoms with Gasteiger partial charge in [-0.05, 0) is 42.5 Å². The second-order valence-electron chi connectivity index (χ2n) is 7.90. The van der Waals surface area contributed by atoms with E-state index in [1.54, 1.807) is 0 Å². The minimum Gasteiger partial charge on any atom is -0.486 e. The molecule has 0 aliphatic rings. The highest BCUT2D eigenvalue weighted by molar-refractivity contribution is 7.09. The van der Waals surface area contributed by atoms with E-state index in [1.165, 1.54) is 22.5 Å². The van der Waals surface area contributed by atoms with Gasteiger partial charge in [0.25, 0.3) is 0 Å². The fraction of sp³-hybridized carbons (Fsp3) is 0.360. The molecule has 5 heteroatoms. The van der Waals surface area contributed by atoms with Gasteiger partial charge in [-0.2, -0.15) is 0 Å². The van der Waals surface area contributed by atoms with Gasteiger partial charge in [0.05, 0.1) is 18.2 Å². The molecule has 0 spiro atoms. The highest BCUT2D eigenvalue weighted by Crippen LogP contribution is 2.23. The zero-order valence-corrected chi connectivity index (χ0v) is 19.0. The van der Waals surface area contributed by atoms with Gasteiger partial charge in [-0.1, -0.05) is 62.7 Å². The van der Waals surface area contributed by atoms with Crippen LogP contribution in [0.15, 0.2) is 53.9 Å². The number of benzene rings is 2. The van der Waals surface area contributed by atoms with E-state index in [0.29, 0.717) is 12.5 Å². The SMILES string of the molecule is CCc1ccc(C(NC(=O)Cc2csc(COc3ccc(C)cc3)n2)C(C)C)cc1. The maximum absolute atomic E-state index is 12.7. The van der Waals surface area contributed by atoms with Crippen molar-refractivity contribution < 1.29 is 9.53 Å². The third-order valence-electron chi connectivity index (χ3n) is 5.05. The molecule has 30 heavy (non-hydrogen) atoms. The first-order valence-electron chi connectivity index (χ1n) is 10.5. The standard InChI is InChI=1S/C25H30N2O2S/c1-5-19-8-10-20(11-9-19)25(17(2)3)27-23(28)14-21-16-30-24(26-21)15-29-22-12-6-18(4)7-13-22/h6-13,16-17,25H,5,14-15H2,1-4H3,(H,27,28). The highest BCUT2D eigenvalue weighted by atomic mass is 32.1. The molecule has 1 heterocycles. The number of hydrogen-bond donors (Lipinski definition) is 1. The third-order valence-corrected chi connectivity index (χ3v) is 5.93. The summed E-state index contributed by atoms with van der Waals surface area (Å²) < 4.78 is 5.79. The summed E-state index contributed by atoms with van der Waals surface area (Å²) in [4.78, 5) is 17.2. The maximum atomic E-state index is 12.7. The molecule has 0 fully saturated rings. The van der Waals surface area contributed by atoms with Gasteiger partial charge in [0, 0.05) is 5.38 Å². The van der Waals surface area contributed by atoms with Gasteiger partial charge in [0.15, 0.2) is 0 Å². The first-order valence-corrected chi connectivity index (χ1v) is 11.3. The Hall–Kier alpha value is -2.66. The Labute approximate surface area is 183 Å². The van der Waals surface area contributed by atoms with Crippen LogP contribution in [-0.2, 0) is 24.2 Å². The number of amides is 1. The van der Waals surface area contributed by atoms with Crippen LogP contribution in [0, 0.1) is 12.8 Å². The number of hydrogen-bond acceptors (Lipinski definition) is 4. The molecule has 0 aliphatic heterocycles. The summed E-state index contributed by atoms with van der Waals surface area (Å²) in [5.41, 5.74) is 4.42. The molecule has 1 N–H and O–H groups in total. The van der Waals surface area contributed by atoms with E-state index >= 15 is 0 Å². The number of aromatic nitrogens is 1. The molecule has 0 bridgehead atoms. The molecule has 1 unspecified atom stereocenters. The summed E-state index contributed by atoms with van der Waals surface area (Å²) in [5, 5.41) is 5.99. The van der Waals surface area contributed by atoms with Crippen molar-refractivity contribution in [2.24, 2.45) is 5.92 Å². The molecule has 1 aromatic heterocycles. The Kier molecular flexibility index (Phi) is 7.63. The molecule has 0 aliphatic carbocycles. The van der Waals surface area contributed by atoms with Gasteiger partial charge in [-0.3, -0.25) is 4.79 Å². The minimum atomic E-state index is -0.00966. The first-order chi connectivity index (χ1) is 14.4. The monoisotopic (exact) mass is 422 g/mol. The Morgan fingerprint density at radius 2 is 1.80 bits per heavy atom. The Bertz CT molecular complexity index is 946. The smallest absolute Gasteiger partial charge is 0.226 e. The van der Waals surface area contributed by atoms with Crippen molar-refractivity contribution in [1.82, 2.24) is 10.3 Å². The lowest BCUT2D eigenvalue weighted by atomic mass is 9.94. The average molecular weight is 423 g/mol. The van der Waals surface area contributed by atoms with Crippen molar-refractivity contribution in [3.63, 3.8) is 0 Å². The second kappa shape index (κ2) is 10.4. The van der Waals surface area contributed by atoms with Crippen molar-refractivity contribution in [2.75, 3.05) is 0 Å². The number of nitrogens with zero attached hydrogens (tertiary/aromatic N) is 1. The van der Waals surface area contributed by atoms with Crippen molar-refractivity contribution in [3.05, 3.63) is 81.3 Å². The average Bonchev–Trinajstić information content (AvgIpc) is 3.18. The highest BCUT2D eigenvalue weighted by Gasteiger charge is 2.19. The van der Waals surface area contributed by atoms with E-state index in [2.05, 4.69) is 55.3 Å². The van der Waals surface area contributed by atoms with E-state index in [4.69, 9.17) is 4.74 Å². The van der Waals surface area contributed by atoms with E-state index in [9.17, 15) is 4.79 Å². The molecule has 158 valence electrons. The van der Waals surface area contributed by atoms with Crippen LogP contribution in [0.4, 0.5) is 0 Å². The zero-order chi connectivity index (χ0) is 21.5. The Balaban J connectivity index is 1.56. The number of aryl methyl sites for hydroxylation is 2. The molecule has 0 radical (unpaired) electrons. The summed E-state index contributed by atoms with van der Waals surface area (Å²) in [6, 6.07) is 16.5. The predicted molar refractivity (Wildman–Crippen MR) is 123 cm³/mol. The van der Waals surface area contributed by atoms with Crippen LogP contribution in [0.2, 0.25) is 0 Å². The normalized spacial score (nSPS) is 12.0. The molecular weight excluding hydrogens is 392 g/mol. The molecule has 1 atom stereocenters. The molecule has 0 saturated carbocycles. The number of thiazole rings is 1. The number of carbonyl (C=O) groups excluding carboxylic acids is 1. The van der Waals surface area contributed by atoms with Crippen LogP contribution < -0.4 is 10.1 Å². The van der Waals surface area contributed by atoms with Gasteiger partial charge >= 0.3 is 0 Å². The second-order valence-corrected chi connectivity index (χ2v) is 8.84. The van der Waals surface area contributed by atoms with E-state index in [-0.39, 0.29) is 18.4 Å². The number of ether oxygens (including phenoxy) is 1.